The number of nitrogens with zero attached hydrogens (tertiary/aromatic N) is 3. The Kier molecular flexibility index (Phi) is 10.2. The van der Waals surface area contributed by atoms with Crippen LogP contribution in [0.2, 0.25) is 0 Å². The third kappa shape index (κ3) is 7.99. The highest BCUT2D eigenvalue weighted by molar-refractivity contribution is 5.95. The average molecular weight is 560 g/mol. The summed E-state index contributed by atoms with van der Waals surface area (Å²) in [5.41, 5.74) is 11.1. The maximum absolute atomic E-state index is 13.5. The average Bonchev–Trinajstić information content (AvgIpc) is 3.42. The van der Waals surface area contributed by atoms with Gasteiger partial charge in [0.05, 0.1) is 11.4 Å². The lowest BCUT2D eigenvalue weighted by Gasteiger charge is -2.24. The molecule has 9 heteroatoms. The van der Waals surface area contributed by atoms with Gasteiger partial charge >= 0.3 is 0 Å². The van der Waals surface area contributed by atoms with Crippen molar-refractivity contribution in [2.45, 2.75) is 26.3 Å². The number of nitrogens with one attached hydrogen (secondary N) is 1. The van der Waals surface area contributed by atoms with Gasteiger partial charge in [0.15, 0.2) is 11.5 Å². The molecular formula is C32H41N5O4. The Morgan fingerprint density at radius 3 is 2.41 bits per heavy atom. The molecule has 9 nitrogen and oxygen atoms in total. The van der Waals surface area contributed by atoms with Crippen LogP contribution in [0.25, 0.3) is 11.1 Å². The minimum atomic E-state index is -0.114. The van der Waals surface area contributed by atoms with Crippen LogP contribution >= 0.6 is 0 Å². The van der Waals surface area contributed by atoms with Crippen molar-refractivity contribution in [3.8, 4) is 22.6 Å². The van der Waals surface area contributed by atoms with Crippen molar-refractivity contribution in [2.75, 3.05) is 64.3 Å². The van der Waals surface area contributed by atoms with Gasteiger partial charge in [0.2, 0.25) is 12.7 Å². The molecule has 3 aromatic carbocycles. The fourth-order valence-electron chi connectivity index (χ4n) is 4.90. The number of rotatable bonds is 13. The van der Waals surface area contributed by atoms with Crippen molar-refractivity contribution >= 4 is 23.2 Å². The van der Waals surface area contributed by atoms with Gasteiger partial charge in [-0.25, -0.2) is 0 Å². The van der Waals surface area contributed by atoms with Crippen LogP contribution in [0.4, 0.5) is 11.4 Å². The Morgan fingerprint density at radius 1 is 0.878 bits per heavy atom. The molecule has 0 aromatic heterocycles. The molecule has 0 unspecified atom stereocenters. The second-order valence-corrected chi connectivity index (χ2v) is 10.6. The van der Waals surface area contributed by atoms with E-state index in [0.29, 0.717) is 43.1 Å². The van der Waals surface area contributed by atoms with Crippen LogP contribution in [0, 0.1) is 0 Å². The Hall–Kier alpha value is -4.08. The lowest BCUT2D eigenvalue weighted by molar-refractivity contribution is -0.114. The molecule has 0 atom stereocenters. The highest BCUT2D eigenvalue weighted by atomic mass is 16.7. The van der Waals surface area contributed by atoms with Crippen LogP contribution in [0.5, 0.6) is 11.5 Å². The molecule has 0 bridgehead atoms. The minimum absolute atomic E-state index is 0.0863. The number of anilines is 2. The molecule has 0 fully saturated rings. The first kappa shape index (κ1) is 29.9. The molecule has 4 rings (SSSR count). The van der Waals surface area contributed by atoms with Gasteiger partial charge in [-0.1, -0.05) is 24.3 Å². The summed E-state index contributed by atoms with van der Waals surface area (Å²) >= 11 is 0. The highest BCUT2D eigenvalue weighted by Crippen LogP contribution is 2.34. The Labute approximate surface area is 242 Å². The number of ether oxygens (including phenoxy) is 2. The van der Waals surface area contributed by atoms with Crippen molar-refractivity contribution in [1.29, 1.82) is 0 Å². The van der Waals surface area contributed by atoms with Crippen LogP contribution in [0.15, 0.2) is 60.7 Å². The first-order chi connectivity index (χ1) is 19.7. The van der Waals surface area contributed by atoms with Crippen LogP contribution in [0.1, 0.15) is 35.7 Å². The van der Waals surface area contributed by atoms with Crippen molar-refractivity contribution in [2.24, 2.45) is 5.73 Å². The molecule has 218 valence electrons. The molecule has 0 aliphatic carbocycles. The molecule has 0 saturated heterocycles. The van der Waals surface area contributed by atoms with Crippen molar-refractivity contribution in [3.05, 3.63) is 71.8 Å². The molecule has 3 N–H and O–H groups in total. The number of hydrogen-bond acceptors (Lipinski definition) is 7. The quantitative estimate of drug-likeness (QED) is 0.320. The minimum Gasteiger partial charge on any atom is -0.454 e. The van der Waals surface area contributed by atoms with E-state index in [0.717, 1.165) is 47.6 Å². The summed E-state index contributed by atoms with van der Waals surface area (Å²) in [6.45, 7) is 5.01. The third-order valence-electron chi connectivity index (χ3n) is 6.99. The smallest absolute Gasteiger partial charge is 0.254 e. The molecule has 3 aromatic rings. The molecule has 1 heterocycles. The summed E-state index contributed by atoms with van der Waals surface area (Å²) in [7, 11) is 6.18. The topological polar surface area (TPSA) is 100 Å². The first-order valence-electron chi connectivity index (χ1n) is 14.0. The Balaban J connectivity index is 1.56. The van der Waals surface area contributed by atoms with E-state index in [1.54, 1.807) is 18.2 Å². The molecular weight excluding hydrogens is 518 g/mol. The predicted molar refractivity (Wildman–Crippen MR) is 164 cm³/mol. The lowest BCUT2D eigenvalue weighted by atomic mass is 10.0. The third-order valence-corrected chi connectivity index (χ3v) is 6.99. The van der Waals surface area contributed by atoms with Crippen molar-refractivity contribution < 1.29 is 19.1 Å². The summed E-state index contributed by atoms with van der Waals surface area (Å²) in [5.74, 6) is 1.03. The largest absolute Gasteiger partial charge is 0.454 e. The monoisotopic (exact) mass is 559 g/mol. The zero-order valence-corrected chi connectivity index (χ0v) is 24.5. The molecule has 2 amide bonds. The fourth-order valence-corrected chi connectivity index (χ4v) is 4.90. The number of hydrogen-bond donors (Lipinski definition) is 2. The van der Waals surface area contributed by atoms with Gasteiger partial charge in [0, 0.05) is 39.2 Å². The molecule has 0 saturated carbocycles. The van der Waals surface area contributed by atoms with Gasteiger partial charge in [-0.15, -0.1) is 0 Å². The summed E-state index contributed by atoms with van der Waals surface area (Å²) in [5, 5.41) is 3.01. The van der Waals surface area contributed by atoms with Crippen LogP contribution < -0.4 is 25.4 Å². The van der Waals surface area contributed by atoms with Crippen LogP contribution in [0.3, 0.4) is 0 Å². The standard InChI is InChI=1S/C32H41N5O4/c1-23(38)34-28-19-26(10-12-29(28)36(4)16-7-15-35(2)3)25-9-5-8-24(18-25)21-37(17-6-14-33)32(39)27-11-13-30-31(20-27)41-22-40-30/h5,8-13,18-20H,6-7,14-17,21-22,33H2,1-4H3,(H,34,38). The number of carbonyl (C=O) groups excluding carboxylic acids is 2. The van der Waals surface area contributed by atoms with Crippen LogP contribution in [-0.4, -0.2) is 75.7 Å². The van der Waals surface area contributed by atoms with Gasteiger partial charge in [0.25, 0.3) is 5.91 Å². The van der Waals surface area contributed by atoms with E-state index in [4.69, 9.17) is 15.2 Å². The number of amides is 2. The predicted octanol–water partition coefficient (Wildman–Crippen LogP) is 4.42. The number of fused-ring (bicyclic) bond motifs is 1. The van der Waals surface area contributed by atoms with Gasteiger partial charge in [-0.3, -0.25) is 9.59 Å². The van der Waals surface area contributed by atoms with Crippen molar-refractivity contribution in [3.63, 3.8) is 0 Å². The highest BCUT2D eigenvalue weighted by Gasteiger charge is 2.21. The second-order valence-electron chi connectivity index (χ2n) is 10.6. The van der Waals surface area contributed by atoms with Gasteiger partial charge in [0.1, 0.15) is 0 Å². The van der Waals surface area contributed by atoms with Gasteiger partial charge < -0.3 is 35.2 Å². The summed E-state index contributed by atoms with van der Waals surface area (Å²) < 4.78 is 10.9. The summed E-state index contributed by atoms with van der Waals surface area (Å²) in [6, 6.07) is 19.6. The van der Waals surface area contributed by atoms with E-state index < -0.39 is 0 Å². The molecule has 0 spiro atoms. The summed E-state index contributed by atoms with van der Waals surface area (Å²) in [6.07, 6.45) is 1.71. The van der Waals surface area contributed by atoms with E-state index in [-0.39, 0.29) is 18.6 Å². The maximum Gasteiger partial charge on any atom is 0.254 e. The van der Waals surface area contributed by atoms with Crippen LogP contribution in [-0.2, 0) is 11.3 Å². The molecule has 1 aliphatic rings. The fraction of sp³-hybridized carbons (Fsp3) is 0.375. The molecule has 1 aliphatic heterocycles. The molecule has 41 heavy (non-hydrogen) atoms. The van der Waals surface area contributed by atoms with E-state index in [1.807, 2.05) is 36.2 Å². The SMILES string of the molecule is CC(=O)Nc1cc(-c2cccc(CN(CCCN)C(=O)c3ccc4c(c3)OCO4)c2)ccc1N(C)CCCN(C)C. The van der Waals surface area contributed by atoms with Gasteiger partial charge in [-0.2, -0.15) is 0 Å². The van der Waals surface area contributed by atoms with Gasteiger partial charge in [-0.05, 0) is 93.1 Å². The number of carbonyl (C=O) groups is 2. The Bertz CT molecular complexity index is 1360. The number of benzene rings is 3. The Morgan fingerprint density at radius 2 is 1.66 bits per heavy atom. The zero-order valence-electron chi connectivity index (χ0n) is 24.5. The van der Waals surface area contributed by atoms with Crippen molar-refractivity contribution in [1.82, 2.24) is 9.80 Å². The normalized spacial score (nSPS) is 12.0. The summed E-state index contributed by atoms with van der Waals surface area (Å²) in [4.78, 5) is 31.7. The number of nitrogens with two attached hydrogens (primary N) is 1. The van der Waals surface area contributed by atoms with E-state index >= 15 is 0 Å². The first-order valence-corrected chi connectivity index (χ1v) is 14.0. The van der Waals surface area contributed by atoms with E-state index in [1.165, 1.54) is 6.92 Å². The zero-order chi connectivity index (χ0) is 29.4. The van der Waals surface area contributed by atoms with E-state index in [9.17, 15) is 9.59 Å². The lowest BCUT2D eigenvalue weighted by Crippen LogP contribution is -2.32. The van der Waals surface area contributed by atoms with E-state index in [2.05, 4.69) is 47.4 Å². The second kappa shape index (κ2) is 14.0. The maximum atomic E-state index is 13.5. The molecule has 0 radical (unpaired) electrons.